The maximum Gasteiger partial charge on any atom is 0.224 e. The summed E-state index contributed by atoms with van der Waals surface area (Å²) in [7, 11) is 3.03. The van der Waals surface area contributed by atoms with Crippen LogP contribution in [0.2, 0.25) is 10.0 Å². The fourth-order valence-electron chi connectivity index (χ4n) is 1.36. The molecule has 0 fully saturated rings. The van der Waals surface area contributed by atoms with Crippen molar-refractivity contribution in [3.05, 3.63) is 33.8 Å². The molecule has 0 aliphatic heterocycles. The SMILES string of the molecule is COC(CNC(=O)Cc1ccc(Cl)c(Cl)c1)OC. The van der Waals surface area contributed by atoms with Crippen LogP contribution in [0.5, 0.6) is 0 Å². The fourth-order valence-corrected chi connectivity index (χ4v) is 1.68. The van der Waals surface area contributed by atoms with Gasteiger partial charge in [-0.15, -0.1) is 0 Å². The second-order valence-corrected chi connectivity index (χ2v) is 4.44. The zero-order valence-electron chi connectivity index (χ0n) is 10.2. The van der Waals surface area contributed by atoms with E-state index >= 15 is 0 Å². The number of benzene rings is 1. The van der Waals surface area contributed by atoms with Crippen LogP contribution >= 0.6 is 23.2 Å². The smallest absolute Gasteiger partial charge is 0.224 e. The maximum absolute atomic E-state index is 11.6. The summed E-state index contributed by atoms with van der Waals surface area (Å²) in [5.41, 5.74) is 0.799. The largest absolute Gasteiger partial charge is 0.354 e. The molecule has 0 bridgehead atoms. The van der Waals surface area contributed by atoms with Crippen molar-refractivity contribution in [2.75, 3.05) is 20.8 Å². The van der Waals surface area contributed by atoms with Crippen molar-refractivity contribution < 1.29 is 14.3 Å². The van der Waals surface area contributed by atoms with Gasteiger partial charge >= 0.3 is 0 Å². The van der Waals surface area contributed by atoms with Crippen LogP contribution in [0.15, 0.2) is 18.2 Å². The second-order valence-electron chi connectivity index (χ2n) is 3.63. The molecule has 100 valence electrons. The number of carbonyl (C=O) groups is 1. The first kappa shape index (κ1) is 15.2. The third-order valence-electron chi connectivity index (χ3n) is 2.34. The number of rotatable bonds is 6. The summed E-state index contributed by atoms with van der Waals surface area (Å²) in [4.78, 5) is 11.6. The molecule has 0 radical (unpaired) electrons. The summed E-state index contributed by atoms with van der Waals surface area (Å²) in [5.74, 6) is -0.132. The van der Waals surface area contributed by atoms with E-state index < -0.39 is 6.29 Å². The van der Waals surface area contributed by atoms with Crippen molar-refractivity contribution in [2.45, 2.75) is 12.7 Å². The number of hydrogen-bond donors (Lipinski definition) is 1. The minimum atomic E-state index is -0.442. The van der Waals surface area contributed by atoms with Gasteiger partial charge in [-0.2, -0.15) is 0 Å². The first-order valence-electron chi connectivity index (χ1n) is 5.33. The van der Waals surface area contributed by atoms with Crippen LogP contribution in [0.25, 0.3) is 0 Å². The van der Waals surface area contributed by atoms with Crippen molar-refractivity contribution >= 4 is 29.1 Å². The molecule has 1 aromatic rings. The number of hydrogen-bond acceptors (Lipinski definition) is 3. The van der Waals surface area contributed by atoms with Gasteiger partial charge in [0.05, 0.1) is 23.0 Å². The summed E-state index contributed by atoms with van der Waals surface area (Å²) in [6, 6.07) is 5.10. The Balaban J connectivity index is 2.46. The monoisotopic (exact) mass is 291 g/mol. The van der Waals surface area contributed by atoms with Crippen LogP contribution in [0.1, 0.15) is 5.56 Å². The molecule has 18 heavy (non-hydrogen) atoms. The maximum atomic E-state index is 11.6. The highest BCUT2D eigenvalue weighted by Gasteiger charge is 2.09. The van der Waals surface area contributed by atoms with Gasteiger partial charge < -0.3 is 14.8 Å². The Morgan fingerprint density at radius 2 is 1.94 bits per heavy atom. The van der Waals surface area contributed by atoms with Crippen molar-refractivity contribution in [1.29, 1.82) is 0 Å². The third kappa shape index (κ3) is 4.82. The lowest BCUT2D eigenvalue weighted by Gasteiger charge is -2.14. The highest BCUT2D eigenvalue weighted by Crippen LogP contribution is 2.22. The lowest BCUT2D eigenvalue weighted by atomic mass is 10.1. The molecule has 0 aliphatic rings. The number of halogens is 2. The Labute approximate surface area is 116 Å². The van der Waals surface area contributed by atoms with Crippen molar-refractivity contribution in [3.63, 3.8) is 0 Å². The summed E-state index contributed by atoms with van der Waals surface area (Å²) >= 11 is 11.7. The van der Waals surface area contributed by atoms with E-state index in [1.165, 1.54) is 14.2 Å². The fraction of sp³-hybridized carbons (Fsp3) is 0.417. The van der Waals surface area contributed by atoms with Gasteiger partial charge in [0.25, 0.3) is 0 Å². The molecule has 0 aromatic heterocycles. The average molecular weight is 292 g/mol. The van der Waals surface area contributed by atoms with E-state index in [4.69, 9.17) is 32.7 Å². The Morgan fingerprint density at radius 3 is 2.50 bits per heavy atom. The summed E-state index contributed by atoms with van der Waals surface area (Å²) < 4.78 is 9.92. The van der Waals surface area contributed by atoms with Gasteiger partial charge in [0.15, 0.2) is 6.29 Å². The van der Waals surface area contributed by atoms with Gasteiger partial charge in [-0.05, 0) is 17.7 Å². The van der Waals surface area contributed by atoms with E-state index in [9.17, 15) is 4.79 Å². The van der Waals surface area contributed by atoms with Gasteiger partial charge in [0.1, 0.15) is 0 Å². The molecule has 6 heteroatoms. The molecule has 1 aromatic carbocycles. The predicted molar refractivity (Wildman–Crippen MR) is 71.0 cm³/mol. The number of methoxy groups -OCH3 is 2. The van der Waals surface area contributed by atoms with E-state index in [0.29, 0.717) is 16.6 Å². The Bertz CT molecular complexity index is 408. The first-order valence-corrected chi connectivity index (χ1v) is 6.08. The van der Waals surface area contributed by atoms with Crippen LogP contribution in [0.4, 0.5) is 0 Å². The molecule has 0 aliphatic carbocycles. The predicted octanol–water partition coefficient (Wildman–Crippen LogP) is 2.27. The van der Waals surface area contributed by atoms with E-state index in [0.717, 1.165) is 5.56 Å². The molecule has 1 rings (SSSR count). The Hall–Kier alpha value is -0.810. The molecule has 1 amide bonds. The molecule has 0 saturated heterocycles. The van der Waals surface area contributed by atoms with Crippen LogP contribution in [-0.4, -0.2) is 33.0 Å². The van der Waals surface area contributed by atoms with Gasteiger partial charge in [0.2, 0.25) is 5.91 Å². The number of carbonyl (C=O) groups excluding carboxylic acids is 1. The van der Waals surface area contributed by atoms with Crippen molar-refractivity contribution in [3.8, 4) is 0 Å². The molecule has 0 saturated carbocycles. The highest BCUT2D eigenvalue weighted by atomic mass is 35.5. The van der Waals surface area contributed by atoms with E-state index in [1.807, 2.05) is 0 Å². The van der Waals surface area contributed by atoms with Crippen LogP contribution in [0, 0.1) is 0 Å². The van der Waals surface area contributed by atoms with Crippen LogP contribution in [0.3, 0.4) is 0 Å². The van der Waals surface area contributed by atoms with Crippen LogP contribution in [-0.2, 0) is 20.7 Å². The lowest BCUT2D eigenvalue weighted by Crippen LogP contribution is -2.34. The molecule has 1 N–H and O–H groups in total. The summed E-state index contributed by atoms with van der Waals surface area (Å²) in [6.07, 6.45) is -0.209. The standard InChI is InChI=1S/C12H15Cl2NO3/c1-17-12(18-2)7-15-11(16)6-8-3-4-9(13)10(14)5-8/h3-5,12H,6-7H2,1-2H3,(H,15,16). The van der Waals surface area contributed by atoms with Gasteiger partial charge in [-0.3, -0.25) is 4.79 Å². The lowest BCUT2D eigenvalue weighted by molar-refractivity contribution is -0.126. The molecule has 0 spiro atoms. The van der Waals surface area contributed by atoms with E-state index in [1.54, 1.807) is 18.2 Å². The minimum absolute atomic E-state index is 0.132. The van der Waals surface area contributed by atoms with Gasteiger partial charge in [0, 0.05) is 14.2 Å². The van der Waals surface area contributed by atoms with Crippen molar-refractivity contribution in [1.82, 2.24) is 5.32 Å². The zero-order valence-corrected chi connectivity index (χ0v) is 11.7. The Morgan fingerprint density at radius 1 is 1.28 bits per heavy atom. The van der Waals surface area contributed by atoms with E-state index in [2.05, 4.69) is 5.32 Å². The number of ether oxygens (including phenoxy) is 2. The molecule has 0 unspecified atom stereocenters. The molecular formula is C12H15Cl2NO3. The van der Waals surface area contributed by atoms with Crippen LogP contribution < -0.4 is 5.32 Å². The van der Waals surface area contributed by atoms with Gasteiger partial charge in [-0.25, -0.2) is 0 Å². The second kappa shape index (κ2) is 7.59. The quantitative estimate of drug-likeness (QED) is 0.818. The zero-order chi connectivity index (χ0) is 13.5. The molecule has 4 nitrogen and oxygen atoms in total. The summed E-state index contributed by atoms with van der Waals surface area (Å²) in [5, 5.41) is 3.61. The van der Waals surface area contributed by atoms with Crippen molar-refractivity contribution in [2.24, 2.45) is 0 Å². The van der Waals surface area contributed by atoms with Gasteiger partial charge in [-0.1, -0.05) is 29.3 Å². The summed E-state index contributed by atoms with van der Waals surface area (Å²) in [6.45, 7) is 0.299. The highest BCUT2D eigenvalue weighted by molar-refractivity contribution is 6.42. The number of amides is 1. The topological polar surface area (TPSA) is 47.6 Å². The molecule has 0 heterocycles. The van der Waals surface area contributed by atoms with E-state index in [-0.39, 0.29) is 12.3 Å². The minimum Gasteiger partial charge on any atom is -0.354 e. The normalized spacial score (nSPS) is 10.7. The Kier molecular flexibility index (Phi) is 6.43. The molecule has 0 atom stereocenters. The average Bonchev–Trinajstić information content (AvgIpc) is 2.35. The number of nitrogens with one attached hydrogen (secondary N) is 1. The third-order valence-corrected chi connectivity index (χ3v) is 3.08. The molecular weight excluding hydrogens is 277 g/mol. The first-order chi connectivity index (χ1) is 8.56.